The van der Waals surface area contributed by atoms with E-state index in [4.69, 9.17) is 0 Å². The summed E-state index contributed by atoms with van der Waals surface area (Å²) in [6, 6.07) is 8.02. The van der Waals surface area contributed by atoms with Crippen molar-refractivity contribution in [1.82, 2.24) is 9.97 Å². The minimum atomic E-state index is -1.02. The van der Waals surface area contributed by atoms with E-state index in [0.717, 1.165) is 22.5 Å². The molecule has 1 aromatic carbocycles. The maximum absolute atomic E-state index is 11.3. The van der Waals surface area contributed by atoms with Gasteiger partial charge in [0.25, 0.3) is 0 Å². The number of aryl methyl sites for hydroxylation is 2. The Hall–Kier alpha value is -2.10. The van der Waals surface area contributed by atoms with E-state index in [1.165, 1.54) is 0 Å². The number of hydrogen-bond acceptors (Lipinski definition) is 2. The van der Waals surface area contributed by atoms with Crippen molar-refractivity contribution in [3.05, 3.63) is 41.3 Å². The number of aromatic nitrogens is 2. The van der Waals surface area contributed by atoms with E-state index in [2.05, 4.69) is 9.97 Å². The highest BCUT2D eigenvalue weighted by Crippen LogP contribution is 2.27. The van der Waals surface area contributed by atoms with Crippen molar-refractivity contribution >= 4 is 5.97 Å². The number of nitrogens with one attached hydrogen (secondary N) is 1. The van der Waals surface area contributed by atoms with Gasteiger partial charge in [0.15, 0.2) is 0 Å². The Morgan fingerprint density at radius 2 is 2.00 bits per heavy atom. The molecule has 0 aliphatic heterocycles. The van der Waals surface area contributed by atoms with Gasteiger partial charge in [0.05, 0.1) is 5.69 Å². The number of benzene rings is 1. The van der Waals surface area contributed by atoms with Crippen LogP contribution in [0.25, 0.3) is 11.3 Å². The second kappa shape index (κ2) is 4.53. The average molecular weight is 258 g/mol. The average Bonchev–Trinajstić information content (AvgIpc) is 2.71. The highest BCUT2D eigenvalue weighted by atomic mass is 16.4. The maximum atomic E-state index is 11.3. The Morgan fingerprint density at radius 1 is 1.32 bits per heavy atom. The van der Waals surface area contributed by atoms with E-state index in [1.54, 1.807) is 13.8 Å². The van der Waals surface area contributed by atoms with Gasteiger partial charge in [-0.1, -0.05) is 23.8 Å². The van der Waals surface area contributed by atoms with Crippen LogP contribution in [0.5, 0.6) is 0 Å². The molecule has 0 spiro atoms. The molecule has 0 radical (unpaired) electrons. The van der Waals surface area contributed by atoms with Crippen LogP contribution in [-0.2, 0) is 10.2 Å². The van der Waals surface area contributed by atoms with Gasteiger partial charge in [-0.3, -0.25) is 4.79 Å². The predicted octanol–water partition coefficient (Wildman–Crippen LogP) is 3.06. The van der Waals surface area contributed by atoms with Gasteiger partial charge in [0, 0.05) is 11.3 Å². The first-order valence-corrected chi connectivity index (χ1v) is 6.20. The molecule has 0 saturated heterocycles. The molecule has 0 aliphatic rings. The Bertz CT molecular complexity index is 627. The number of rotatable bonds is 3. The molecule has 2 rings (SSSR count). The third-order valence-corrected chi connectivity index (χ3v) is 3.30. The molecule has 0 atom stereocenters. The fourth-order valence-electron chi connectivity index (χ4n) is 1.93. The third kappa shape index (κ3) is 2.38. The lowest BCUT2D eigenvalue weighted by Crippen LogP contribution is -2.29. The lowest BCUT2D eigenvalue weighted by atomic mass is 9.93. The summed E-state index contributed by atoms with van der Waals surface area (Å²) in [7, 11) is 0. The van der Waals surface area contributed by atoms with E-state index in [1.807, 2.05) is 38.1 Å². The van der Waals surface area contributed by atoms with Crippen LogP contribution in [0.3, 0.4) is 0 Å². The molecule has 0 aliphatic carbocycles. The van der Waals surface area contributed by atoms with Gasteiger partial charge >= 0.3 is 5.97 Å². The van der Waals surface area contributed by atoms with Crippen molar-refractivity contribution in [2.75, 3.05) is 0 Å². The lowest BCUT2D eigenvalue weighted by Gasteiger charge is -2.15. The topological polar surface area (TPSA) is 66.0 Å². The minimum Gasteiger partial charge on any atom is -0.481 e. The van der Waals surface area contributed by atoms with E-state index >= 15 is 0 Å². The van der Waals surface area contributed by atoms with Gasteiger partial charge in [-0.05, 0) is 33.8 Å². The second-order valence-electron chi connectivity index (χ2n) is 5.36. The summed E-state index contributed by atoms with van der Waals surface area (Å²) in [4.78, 5) is 18.8. The predicted molar refractivity (Wildman–Crippen MR) is 74.2 cm³/mol. The Kier molecular flexibility index (Phi) is 3.18. The zero-order chi connectivity index (χ0) is 14.2. The summed E-state index contributed by atoms with van der Waals surface area (Å²) < 4.78 is 0. The van der Waals surface area contributed by atoms with Gasteiger partial charge in [-0.25, -0.2) is 4.98 Å². The Labute approximate surface area is 112 Å². The smallest absolute Gasteiger partial charge is 0.316 e. The molecule has 0 fully saturated rings. The van der Waals surface area contributed by atoms with E-state index in [-0.39, 0.29) is 0 Å². The fourth-order valence-corrected chi connectivity index (χ4v) is 1.93. The van der Waals surface area contributed by atoms with Gasteiger partial charge in [-0.2, -0.15) is 0 Å². The molecule has 2 N–H and O–H groups in total. The van der Waals surface area contributed by atoms with Gasteiger partial charge in [0.2, 0.25) is 0 Å². The maximum Gasteiger partial charge on any atom is 0.316 e. The van der Waals surface area contributed by atoms with Gasteiger partial charge in [-0.15, -0.1) is 0 Å². The monoisotopic (exact) mass is 258 g/mol. The molecule has 0 unspecified atom stereocenters. The molecule has 1 heterocycles. The molecule has 0 saturated carbocycles. The number of nitrogens with zero attached hydrogens (tertiary/aromatic N) is 1. The molecule has 2 aromatic rings. The van der Waals surface area contributed by atoms with Gasteiger partial charge < -0.3 is 10.1 Å². The normalized spacial score (nSPS) is 11.6. The van der Waals surface area contributed by atoms with Crippen molar-refractivity contribution in [1.29, 1.82) is 0 Å². The lowest BCUT2D eigenvalue weighted by molar-refractivity contribution is -0.142. The fraction of sp³-hybridized carbons (Fsp3) is 0.333. The number of aliphatic carboxylic acids is 1. The summed E-state index contributed by atoms with van der Waals surface area (Å²) >= 11 is 0. The van der Waals surface area contributed by atoms with Crippen LogP contribution < -0.4 is 0 Å². The van der Waals surface area contributed by atoms with Crippen LogP contribution >= 0.6 is 0 Å². The highest BCUT2D eigenvalue weighted by molar-refractivity contribution is 5.79. The molecule has 19 heavy (non-hydrogen) atoms. The molecular formula is C15H18N2O2. The minimum absolute atomic E-state index is 0.481. The van der Waals surface area contributed by atoms with E-state index in [9.17, 15) is 9.90 Å². The number of H-pyrrole nitrogens is 1. The number of aromatic amines is 1. The summed E-state index contributed by atoms with van der Waals surface area (Å²) in [6.07, 6.45) is 0. The summed E-state index contributed by atoms with van der Waals surface area (Å²) in [6.45, 7) is 7.22. The summed E-state index contributed by atoms with van der Waals surface area (Å²) in [5, 5.41) is 9.25. The number of carboxylic acid groups (broad SMARTS) is 1. The highest BCUT2D eigenvalue weighted by Gasteiger charge is 2.33. The van der Waals surface area contributed by atoms with Crippen LogP contribution in [0.2, 0.25) is 0 Å². The molecule has 100 valence electrons. The summed E-state index contributed by atoms with van der Waals surface area (Å²) in [5.41, 5.74) is 2.83. The Balaban J connectivity index is 2.51. The molecule has 1 aromatic heterocycles. The molecular weight excluding hydrogens is 240 g/mol. The number of imidazole rings is 1. The zero-order valence-electron chi connectivity index (χ0n) is 11.6. The van der Waals surface area contributed by atoms with E-state index < -0.39 is 11.4 Å². The Morgan fingerprint density at radius 3 is 2.58 bits per heavy atom. The summed E-state index contributed by atoms with van der Waals surface area (Å²) in [5.74, 6) is -0.411. The first-order chi connectivity index (χ1) is 8.82. The van der Waals surface area contributed by atoms with Crippen molar-refractivity contribution in [3.8, 4) is 11.3 Å². The number of carboxylic acids is 1. The second-order valence-corrected chi connectivity index (χ2v) is 5.36. The van der Waals surface area contributed by atoms with Crippen molar-refractivity contribution in [3.63, 3.8) is 0 Å². The van der Waals surface area contributed by atoms with E-state index in [0.29, 0.717) is 5.82 Å². The van der Waals surface area contributed by atoms with Crippen molar-refractivity contribution in [2.45, 2.75) is 33.1 Å². The first kappa shape index (κ1) is 13.3. The molecule has 4 heteroatoms. The number of carbonyl (C=O) groups is 1. The van der Waals surface area contributed by atoms with Crippen molar-refractivity contribution < 1.29 is 9.90 Å². The standard InChI is InChI=1S/C15H18N2O2/c1-9-6-5-7-11(8-9)12-10(2)16-13(17-12)15(3,4)14(18)19/h5-8H,1-4H3,(H,16,17)(H,18,19). The first-order valence-electron chi connectivity index (χ1n) is 6.20. The SMILES string of the molecule is Cc1cccc(-c2nc(C(C)(C)C(=O)O)[nH]c2C)c1. The number of hydrogen-bond donors (Lipinski definition) is 2. The quantitative estimate of drug-likeness (QED) is 0.889. The van der Waals surface area contributed by atoms with Crippen molar-refractivity contribution in [2.24, 2.45) is 0 Å². The third-order valence-electron chi connectivity index (χ3n) is 3.30. The molecule has 4 nitrogen and oxygen atoms in total. The largest absolute Gasteiger partial charge is 0.481 e. The molecule has 0 bridgehead atoms. The van der Waals surface area contributed by atoms with Crippen LogP contribution in [0.4, 0.5) is 0 Å². The van der Waals surface area contributed by atoms with Crippen LogP contribution in [0.1, 0.15) is 30.9 Å². The van der Waals surface area contributed by atoms with Crippen LogP contribution in [0, 0.1) is 13.8 Å². The molecule has 0 amide bonds. The zero-order valence-corrected chi connectivity index (χ0v) is 11.6. The van der Waals surface area contributed by atoms with Gasteiger partial charge in [0.1, 0.15) is 11.2 Å². The van der Waals surface area contributed by atoms with Crippen LogP contribution in [-0.4, -0.2) is 21.0 Å². The van der Waals surface area contributed by atoms with Crippen LogP contribution in [0.15, 0.2) is 24.3 Å².